The Hall–Kier alpha value is -3.31. The quantitative estimate of drug-likeness (QED) is 0.649. The maximum atomic E-state index is 12.7. The number of nitrogens with zero attached hydrogens (tertiary/aromatic N) is 2. The Labute approximate surface area is 180 Å². The normalized spacial score (nSPS) is 18.8. The zero-order valence-corrected chi connectivity index (χ0v) is 17.6. The summed E-state index contributed by atoms with van der Waals surface area (Å²) < 4.78 is 7.73. The van der Waals surface area contributed by atoms with E-state index in [1.807, 2.05) is 13.8 Å². The van der Waals surface area contributed by atoms with Gasteiger partial charge in [-0.25, -0.2) is 4.98 Å². The molecule has 2 aromatic rings. The maximum Gasteiger partial charge on any atom is 0.268 e. The highest BCUT2D eigenvalue weighted by Gasteiger charge is 2.31. The summed E-state index contributed by atoms with van der Waals surface area (Å²) in [6.45, 7) is 3.93. The van der Waals surface area contributed by atoms with E-state index in [1.54, 1.807) is 22.8 Å². The molecule has 2 aliphatic rings. The lowest BCUT2D eigenvalue weighted by Crippen LogP contribution is -2.43. The van der Waals surface area contributed by atoms with Crippen molar-refractivity contribution < 1.29 is 19.4 Å². The third-order valence-electron chi connectivity index (χ3n) is 5.47. The fourth-order valence-corrected chi connectivity index (χ4v) is 3.93. The molecular weight excluding hydrogens is 396 g/mol. The van der Waals surface area contributed by atoms with Crippen LogP contribution in [0.3, 0.4) is 0 Å². The molecular formula is C23H26N4O4. The Balaban J connectivity index is 1.75. The molecule has 8 nitrogen and oxygen atoms in total. The molecule has 0 radical (unpaired) electrons. The first-order chi connectivity index (χ1) is 14.7. The third kappa shape index (κ3) is 4.42. The highest BCUT2D eigenvalue weighted by Crippen LogP contribution is 2.35. The van der Waals surface area contributed by atoms with Crippen molar-refractivity contribution in [3.63, 3.8) is 0 Å². The van der Waals surface area contributed by atoms with Gasteiger partial charge >= 0.3 is 0 Å². The number of rotatable bonds is 3. The lowest BCUT2D eigenvalue weighted by molar-refractivity contribution is -0.129. The van der Waals surface area contributed by atoms with Gasteiger partial charge in [-0.1, -0.05) is 11.8 Å². The van der Waals surface area contributed by atoms with Gasteiger partial charge in [-0.3, -0.25) is 9.59 Å². The molecule has 0 unspecified atom stereocenters. The fraction of sp³-hybridized carbons (Fsp3) is 0.435. The zero-order valence-electron chi connectivity index (χ0n) is 17.6. The van der Waals surface area contributed by atoms with Crippen LogP contribution < -0.4 is 15.8 Å². The van der Waals surface area contributed by atoms with E-state index < -0.39 is 17.6 Å². The molecule has 0 spiro atoms. The summed E-state index contributed by atoms with van der Waals surface area (Å²) in [5.41, 5.74) is 5.89. The Bertz CT molecular complexity index is 1090. The minimum Gasteiger partial charge on any atom is -0.478 e. The smallest absolute Gasteiger partial charge is 0.268 e. The number of imidazole rings is 1. The molecule has 8 heteroatoms. The van der Waals surface area contributed by atoms with Gasteiger partial charge in [0, 0.05) is 17.8 Å². The number of carbonyl (C=O) groups excluding carboxylic acids is 2. The van der Waals surface area contributed by atoms with Crippen LogP contribution in [0.4, 0.5) is 0 Å². The number of aliphatic hydroxyl groups is 1. The molecule has 1 fully saturated rings. The number of aromatic nitrogens is 2. The molecule has 31 heavy (non-hydrogen) atoms. The standard InChI is InChI=1S/C23H26N4O4/c1-14(2)25-22(29)19-13-27-12-17(20(24)28)26-21(27)16-11-15(5-6-18(16)31-19)7-10-23(30)8-3-4-9-23/h5-6,11-12,14,19,30H,3-4,8-9,13H2,1-2H3,(H2,24,28)(H,25,29)/t19-/m1/s1. The van der Waals surface area contributed by atoms with Crippen LogP contribution in [-0.4, -0.2) is 44.2 Å². The summed E-state index contributed by atoms with van der Waals surface area (Å²) in [5.74, 6) is 6.09. The molecule has 162 valence electrons. The lowest BCUT2D eigenvalue weighted by Gasteiger charge is -2.19. The predicted molar refractivity (Wildman–Crippen MR) is 114 cm³/mol. The van der Waals surface area contributed by atoms with Crippen molar-refractivity contribution >= 4 is 11.8 Å². The summed E-state index contributed by atoms with van der Waals surface area (Å²) in [5, 5.41) is 13.4. The molecule has 4 rings (SSSR count). The van der Waals surface area contributed by atoms with Crippen molar-refractivity contribution in [1.29, 1.82) is 0 Å². The number of fused-ring (bicyclic) bond motifs is 3. The van der Waals surface area contributed by atoms with Gasteiger partial charge in [0.1, 0.15) is 22.9 Å². The number of ether oxygens (including phenoxy) is 1. The highest BCUT2D eigenvalue weighted by molar-refractivity contribution is 5.91. The van der Waals surface area contributed by atoms with Crippen molar-refractivity contribution in [2.45, 2.75) is 63.8 Å². The average Bonchev–Trinajstić information content (AvgIpc) is 3.30. The van der Waals surface area contributed by atoms with Gasteiger partial charge in [-0.15, -0.1) is 0 Å². The van der Waals surface area contributed by atoms with E-state index in [0.29, 0.717) is 35.5 Å². The molecule has 2 heterocycles. The summed E-state index contributed by atoms with van der Waals surface area (Å²) in [6.07, 6.45) is 4.02. The number of benzene rings is 1. The van der Waals surface area contributed by atoms with Crippen LogP contribution >= 0.6 is 0 Å². The Kier molecular flexibility index (Phi) is 5.46. The number of nitrogens with two attached hydrogens (primary N) is 1. The number of hydrogen-bond acceptors (Lipinski definition) is 5. The number of amides is 2. The fourth-order valence-electron chi connectivity index (χ4n) is 3.93. The van der Waals surface area contributed by atoms with Crippen molar-refractivity contribution in [3.05, 3.63) is 35.7 Å². The highest BCUT2D eigenvalue weighted by atomic mass is 16.5. The van der Waals surface area contributed by atoms with Crippen molar-refractivity contribution in [2.24, 2.45) is 5.73 Å². The van der Waals surface area contributed by atoms with E-state index in [2.05, 4.69) is 22.1 Å². The van der Waals surface area contributed by atoms with Crippen LogP contribution in [0.2, 0.25) is 0 Å². The van der Waals surface area contributed by atoms with E-state index in [9.17, 15) is 14.7 Å². The van der Waals surface area contributed by atoms with E-state index >= 15 is 0 Å². The van der Waals surface area contributed by atoms with Gasteiger partial charge in [0.2, 0.25) is 0 Å². The first-order valence-corrected chi connectivity index (χ1v) is 10.5. The SMILES string of the molecule is CC(C)NC(=O)[C@H]1Cn2cc(C(N)=O)nc2-c2cc(C#CC3(O)CCCC3)ccc2O1. The van der Waals surface area contributed by atoms with Crippen LogP contribution in [0.5, 0.6) is 5.75 Å². The van der Waals surface area contributed by atoms with E-state index in [1.165, 1.54) is 6.20 Å². The Morgan fingerprint density at radius 3 is 2.77 bits per heavy atom. The van der Waals surface area contributed by atoms with Crippen LogP contribution in [0.25, 0.3) is 11.4 Å². The monoisotopic (exact) mass is 422 g/mol. The minimum absolute atomic E-state index is 0.0405. The molecule has 1 aliphatic heterocycles. The van der Waals surface area contributed by atoms with Gasteiger partial charge in [-0.05, 0) is 57.7 Å². The summed E-state index contributed by atoms with van der Waals surface area (Å²) >= 11 is 0. The molecule has 1 saturated carbocycles. The summed E-state index contributed by atoms with van der Waals surface area (Å²) in [4.78, 5) is 28.8. The topological polar surface area (TPSA) is 119 Å². The minimum atomic E-state index is -0.944. The number of nitrogens with one attached hydrogen (secondary N) is 1. The molecule has 2 amide bonds. The number of hydrogen-bond donors (Lipinski definition) is 3. The van der Waals surface area contributed by atoms with Crippen molar-refractivity contribution in [1.82, 2.24) is 14.9 Å². The first-order valence-electron chi connectivity index (χ1n) is 10.5. The predicted octanol–water partition coefficient (Wildman–Crippen LogP) is 1.59. The number of carbonyl (C=O) groups is 2. The first kappa shape index (κ1) is 20.9. The molecule has 0 bridgehead atoms. The van der Waals surface area contributed by atoms with Crippen molar-refractivity contribution in [3.8, 4) is 29.0 Å². The van der Waals surface area contributed by atoms with Gasteiger partial charge in [-0.2, -0.15) is 0 Å². The van der Waals surface area contributed by atoms with Crippen LogP contribution in [0.1, 0.15) is 55.6 Å². The van der Waals surface area contributed by atoms with Gasteiger partial charge in [0.05, 0.1) is 12.1 Å². The molecule has 1 aromatic heterocycles. The van der Waals surface area contributed by atoms with Gasteiger partial charge in [0.25, 0.3) is 11.8 Å². The Morgan fingerprint density at radius 1 is 1.35 bits per heavy atom. The van der Waals surface area contributed by atoms with Crippen LogP contribution in [-0.2, 0) is 11.3 Å². The van der Waals surface area contributed by atoms with Crippen molar-refractivity contribution in [2.75, 3.05) is 0 Å². The van der Waals surface area contributed by atoms with Crippen LogP contribution in [0.15, 0.2) is 24.4 Å². The second-order valence-corrected chi connectivity index (χ2v) is 8.44. The second kappa shape index (κ2) is 8.08. The third-order valence-corrected chi connectivity index (χ3v) is 5.47. The molecule has 1 aromatic carbocycles. The molecule has 1 atom stereocenters. The molecule has 4 N–H and O–H groups in total. The maximum absolute atomic E-state index is 12.7. The summed E-state index contributed by atoms with van der Waals surface area (Å²) in [7, 11) is 0. The second-order valence-electron chi connectivity index (χ2n) is 8.44. The number of primary amides is 1. The Morgan fingerprint density at radius 2 is 2.10 bits per heavy atom. The zero-order chi connectivity index (χ0) is 22.2. The van der Waals surface area contributed by atoms with E-state index in [0.717, 1.165) is 12.8 Å². The molecule has 1 aliphatic carbocycles. The summed E-state index contributed by atoms with van der Waals surface area (Å²) in [6, 6.07) is 5.28. The largest absolute Gasteiger partial charge is 0.478 e. The van der Waals surface area contributed by atoms with Gasteiger partial charge < -0.3 is 25.5 Å². The van der Waals surface area contributed by atoms with E-state index in [4.69, 9.17) is 10.5 Å². The molecule has 0 saturated heterocycles. The lowest BCUT2D eigenvalue weighted by atomic mass is 10.0. The van der Waals surface area contributed by atoms with Crippen LogP contribution in [0, 0.1) is 11.8 Å². The van der Waals surface area contributed by atoms with E-state index in [-0.39, 0.29) is 24.2 Å². The average molecular weight is 422 g/mol. The van der Waals surface area contributed by atoms with Gasteiger partial charge in [0.15, 0.2) is 6.10 Å².